The Kier molecular flexibility index (Phi) is 7.17. The minimum Gasteiger partial charge on any atom is -0.490 e. The van der Waals surface area contributed by atoms with Crippen molar-refractivity contribution in [3.8, 4) is 5.75 Å². The number of ketones is 1. The van der Waals surface area contributed by atoms with E-state index in [9.17, 15) is 9.90 Å². The highest BCUT2D eigenvalue weighted by Crippen LogP contribution is 2.29. The van der Waals surface area contributed by atoms with Crippen LogP contribution in [0.3, 0.4) is 0 Å². The van der Waals surface area contributed by atoms with Gasteiger partial charge in [-0.05, 0) is 56.0 Å². The van der Waals surface area contributed by atoms with E-state index in [-0.39, 0.29) is 12.4 Å². The Balaban J connectivity index is 2.33. The molecule has 0 amide bonds. The van der Waals surface area contributed by atoms with Gasteiger partial charge in [-0.15, -0.1) is 0 Å². The molecule has 0 bridgehead atoms. The van der Waals surface area contributed by atoms with Crippen LogP contribution in [0.2, 0.25) is 0 Å². The topological polar surface area (TPSA) is 58.6 Å². The number of aryl methyl sites for hydroxylation is 4. The summed E-state index contributed by atoms with van der Waals surface area (Å²) in [5, 5.41) is 13.3. The SMILES string of the molecule is Cc1cc(C)c(C(=O)c2c(C)cccc2C)c(OCC(O)CNC(C)C)c1. The number of hydrogen-bond acceptors (Lipinski definition) is 4. The van der Waals surface area contributed by atoms with E-state index < -0.39 is 6.10 Å². The molecule has 2 aromatic rings. The van der Waals surface area contributed by atoms with Gasteiger partial charge in [-0.3, -0.25) is 4.79 Å². The van der Waals surface area contributed by atoms with Crippen molar-refractivity contribution in [2.24, 2.45) is 0 Å². The lowest BCUT2D eigenvalue weighted by Gasteiger charge is -2.19. The lowest BCUT2D eigenvalue weighted by atomic mass is 9.91. The maximum atomic E-state index is 13.3. The van der Waals surface area contributed by atoms with Crippen LogP contribution < -0.4 is 10.1 Å². The summed E-state index contributed by atoms with van der Waals surface area (Å²) in [6.45, 7) is 12.4. The van der Waals surface area contributed by atoms with Crippen LogP contribution in [0.25, 0.3) is 0 Å². The molecular weight excluding hydrogens is 338 g/mol. The maximum Gasteiger partial charge on any atom is 0.197 e. The molecule has 0 radical (unpaired) electrons. The predicted molar refractivity (Wildman–Crippen MR) is 110 cm³/mol. The molecule has 0 aromatic heterocycles. The third-order valence-corrected chi connectivity index (χ3v) is 4.57. The Morgan fingerprint density at radius 2 is 1.67 bits per heavy atom. The highest BCUT2D eigenvalue weighted by molar-refractivity contribution is 6.13. The molecule has 0 aliphatic rings. The van der Waals surface area contributed by atoms with Crippen LogP contribution in [-0.4, -0.2) is 36.2 Å². The van der Waals surface area contributed by atoms with E-state index in [1.54, 1.807) is 0 Å². The molecule has 2 rings (SSSR count). The number of ether oxygens (including phenoxy) is 1. The average Bonchev–Trinajstić information content (AvgIpc) is 2.57. The Labute approximate surface area is 162 Å². The Morgan fingerprint density at radius 3 is 2.26 bits per heavy atom. The van der Waals surface area contributed by atoms with E-state index in [2.05, 4.69) is 5.32 Å². The van der Waals surface area contributed by atoms with Gasteiger partial charge in [0.05, 0.1) is 5.56 Å². The molecule has 0 aliphatic heterocycles. The van der Waals surface area contributed by atoms with Gasteiger partial charge in [0, 0.05) is 18.2 Å². The monoisotopic (exact) mass is 369 g/mol. The lowest BCUT2D eigenvalue weighted by molar-refractivity contribution is 0.0980. The number of carbonyl (C=O) groups is 1. The highest BCUT2D eigenvalue weighted by Gasteiger charge is 2.22. The van der Waals surface area contributed by atoms with Crippen LogP contribution in [0.5, 0.6) is 5.75 Å². The zero-order valence-electron chi connectivity index (χ0n) is 17.2. The molecule has 27 heavy (non-hydrogen) atoms. The zero-order chi connectivity index (χ0) is 20.1. The summed E-state index contributed by atoms with van der Waals surface area (Å²) in [6.07, 6.45) is -0.642. The van der Waals surface area contributed by atoms with E-state index in [1.807, 2.05) is 71.9 Å². The van der Waals surface area contributed by atoms with E-state index >= 15 is 0 Å². The Bertz CT molecular complexity index is 791. The summed E-state index contributed by atoms with van der Waals surface area (Å²) >= 11 is 0. The third kappa shape index (κ3) is 5.41. The molecule has 1 unspecified atom stereocenters. The average molecular weight is 370 g/mol. The molecule has 0 aliphatic carbocycles. The second-order valence-electron chi connectivity index (χ2n) is 7.58. The fraction of sp³-hybridized carbons (Fsp3) is 0.435. The molecule has 4 nitrogen and oxygen atoms in total. The highest BCUT2D eigenvalue weighted by atomic mass is 16.5. The number of aliphatic hydroxyl groups is 1. The lowest BCUT2D eigenvalue weighted by Crippen LogP contribution is -2.35. The first kappa shape index (κ1) is 21.1. The number of hydrogen-bond donors (Lipinski definition) is 2. The minimum absolute atomic E-state index is 0.0344. The summed E-state index contributed by atoms with van der Waals surface area (Å²) in [5.74, 6) is 0.497. The van der Waals surface area contributed by atoms with Crippen LogP contribution in [0.15, 0.2) is 30.3 Å². The first-order valence-corrected chi connectivity index (χ1v) is 9.47. The number of benzene rings is 2. The molecule has 4 heteroatoms. The third-order valence-electron chi connectivity index (χ3n) is 4.57. The Hall–Kier alpha value is -2.17. The number of carbonyl (C=O) groups excluding carboxylic acids is 1. The molecule has 0 heterocycles. The predicted octanol–water partition coefficient (Wildman–Crippen LogP) is 3.89. The minimum atomic E-state index is -0.642. The van der Waals surface area contributed by atoms with Crippen molar-refractivity contribution in [1.82, 2.24) is 5.32 Å². The van der Waals surface area contributed by atoms with Gasteiger partial charge in [0.25, 0.3) is 0 Å². The van der Waals surface area contributed by atoms with E-state index in [1.165, 1.54) is 0 Å². The summed E-state index contributed by atoms with van der Waals surface area (Å²) in [4.78, 5) is 13.3. The van der Waals surface area contributed by atoms with Gasteiger partial charge in [-0.1, -0.05) is 38.1 Å². The number of nitrogens with one attached hydrogen (secondary N) is 1. The largest absolute Gasteiger partial charge is 0.490 e. The van der Waals surface area contributed by atoms with Gasteiger partial charge in [0.2, 0.25) is 0 Å². The Morgan fingerprint density at radius 1 is 1.04 bits per heavy atom. The maximum absolute atomic E-state index is 13.3. The summed E-state index contributed by atoms with van der Waals surface area (Å²) in [7, 11) is 0. The molecule has 0 spiro atoms. The molecule has 2 aromatic carbocycles. The summed E-state index contributed by atoms with van der Waals surface area (Å²) in [5.41, 5.74) is 5.10. The molecule has 146 valence electrons. The fourth-order valence-electron chi connectivity index (χ4n) is 3.25. The summed E-state index contributed by atoms with van der Waals surface area (Å²) in [6, 6.07) is 10.0. The molecule has 0 saturated heterocycles. The van der Waals surface area contributed by atoms with Gasteiger partial charge >= 0.3 is 0 Å². The van der Waals surface area contributed by atoms with Crippen molar-refractivity contribution >= 4 is 5.78 Å². The van der Waals surface area contributed by atoms with Crippen LogP contribution in [0.1, 0.15) is 52.0 Å². The second-order valence-corrected chi connectivity index (χ2v) is 7.58. The fourth-order valence-corrected chi connectivity index (χ4v) is 3.25. The second kappa shape index (κ2) is 9.16. The van der Waals surface area contributed by atoms with Crippen LogP contribution in [0.4, 0.5) is 0 Å². The van der Waals surface area contributed by atoms with Crippen LogP contribution in [0, 0.1) is 27.7 Å². The van der Waals surface area contributed by atoms with Gasteiger partial charge in [0.1, 0.15) is 18.5 Å². The van der Waals surface area contributed by atoms with E-state index in [0.29, 0.717) is 23.9 Å². The van der Waals surface area contributed by atoms with E-state index in [4.69, 9.17) is 4.74 Å². The van der Waals surface area contributed by atoms with Crippen molar-refractivity contribution in [2.75, 3.05) is 13.2 Å². The first-order valence-electron chi connectivity index (χ1n) is 9.47. The molecular formula is C23H31NO3. The van der Waals surface area contributed by atoms with Crippen LogP contribution >= 0.6 is 0 Å². The smallest absolute Gasteiger partial charge is 0.197 e. The van der Waals surface area contributed by atoms with Crippen molar-refractivity contribution in [1.29, 1.82) is 0 Å². The molecule has 2 N–H and O–H groups in total. The standard InChI is InChI=1S/C23H31NO3/c1-14(2)24-12-19(25)13-27-20-11-15(3)10-18(6)22(20)23(26)21-16(4)8-7-9-17(21)5/h7-11,14,19,24-25H,12-13H2,1-6H3. The van der Waals surface area contributed by atoms with Gasteiger partial charge in [0.15, 0.2) is 5.78 Å². The van der Waals surface area contributed by atoms with Crippen molar-refractivity contribution in [3.05, 3.63) is 63.7 Å². The van der Waals surface area contributed by atoms with E-state index in [0.717, 1.165) is 27.8 Å². The first-order chi connectivity index (χ1) is 12.7. The normalized spacial score (nSPS) is 12.3. The van der Waals surface area contributed by atoms with Crippen molar-refractivity contribution in [2.45, 2.75) is 53.7 Å². The quantitative estimate of drug-likeness (QED) is 0.693. The molecule has 0 fully saturated rings. The van der Waals surface area contributed by atoms with Gasteiger partial charge in [-0.2, -0.15) is 0 Å². The van der Waals surface area contributed by atoms with Gasteiger partial charge < -0.3 is 15.2 Å². The van der Waals surface area contributed by atoms with Crippen LogP contribution in [-0.2, 0) is 0 Å². The van der Waals surface area contributed by atoms with Gasteiger partial charge in [-0.25, -0.2) is 0 Å². The number of rotatable bonds is 8. The van der Waals surface area contributed by atoms with Crippen molar-refractivity contribution < 1.29 is 14.6 Å². The van der Waals surface area contributed by atoms with Crippen molar-refractivity contribution in [3.63, 3.8) is 0 Å². The molecule has 1 atom stereocenters. The molecule has 0 saturated carbocycles. The number of aliphatic hydroxyl groups excluding tert-OH is 1. The summed E-state index contributed by atoms with van der Waals surface area (Å²) < 4.78 is 5.90. The zero-order valence-corrected chi connectivity index (χ0v) is 17.2.